The maximum atomic E-state index is 13.8. The van der Waals surface area contributed by atoms with Crippen molar-refractivity contribution in [2.24, 2.45) is 0 Å². The lowest BCUT2D eigenvalue weighted by Crippen LogP contribution is -2.20. The van der Waals surface area contributed by atoms with E-state index < -0.39 is 0 Å². The first-order chi connectivity index (χ1) is 11.2. The smallest absolute Gasteiger partial charge is 0.243 e. The Bertz CT molecular complexity index is 779. The summed E-state index contributed by atoms with van der Waals surface area (Å²) in [6, 6.07) is 10.5. The lowest BCUT2D eigenvalue weighted by atomic mass is 10.1. The molecule has 0 aliphatic heterocycles. The van der Waals surface area contributed by atoms with Crippen LogP contribution in [0.25, 0.3) is 11.3 Å². The molecule has 23 heavy (non-hydrogen) atoms. The molecule has 0 saturated heterocycles. The SMILES string of the molecule is CC(Cc1cccnc1)Nc1nncc(-c2ccccc2F)n1. The number of pyridine rings is 1. The van der Waals surface area contributed by atoms with Crippen molar-refractivity contribution in [3.63, 3.8) is 0 Å². The van der Waals surface area contributed by atoms with Gasteiger partial charge >= 0.3 is 0 Å². The largest absolute Gasteiger partial charge is 0.350 e. The van der Waals surface area contributed by atoms with Crippen LogP contribution in [0.3, 0.4) is 0 Å². The highest BCUT2D eigenvalue weighted by atomic mass is 19.1. The van der Waals surface area contributed by atoms with Crippen LogP contribution >= 0.6 is 0 Å². The van der Waals surface area contributed by atoms with Gasteiger partial charge in [0, 0.05) is 24.0 Å². The molecule has 3 rings (SSSR count). The Balaban J connectivity index is 1.74. The highest BCUT2D eigenvalue weighted by Crippen LogP contribution is 2.20. The Kier molecular flexibility index (Phi) is 4.52. The van der Waals surface area contributed by atoms with Gasteiger partial charge in [0.25, 0.3) is 0 Å². The molecule has 0 fully saturated rings. The average molecular weight is 309 g/mol. The lowest BCUT2D eigenvalue weighted by molar-refractivity contribution is 0.630. The quantitative estimate of drug-likeness (QED) is 0.784. The second-order valence-corrected chi connectivity index (χ2v) is 5.26. The number of rotatable bonds is 5. The average Bonchev–Trinajstić information content (AvgIpc) is 2.56. The fraction of sp³-hybridized carbons (Fsp3) is 0.176. The summed E-state index contributed by atoms with van der Waals surface area (Å²) in [7, 11) is 0. The van der Waals surface area contributed by atoms with E-state index in [-0.39, 0.29) is 11.9 Å². The van der Waals surface area contributed by atoms with Gasteiger partial charge in [0.2, 0.25) is 5.95 Å². The fourth-order valence-electron chi connectivity index (χ4n) is 2.31. The molecule has 116 valence electrons. The third kappa shape index (κ3) is 3.85. The van der Waals surface area contributed by atoms with E-state index >= 15 is 0 Å². The van der Waals surface area contributed by atoms with Gasteiger partial charge in [-0.15, -0.1) is 5.10 Å². The van der Waals surface area contributed by atoms with Crippen LogP contribution in [0.4, 0.5) is 10.3 Å². The molecule has 0 spiro atoms. The van der Waals surface area contributed by atoms with E-state index in [1.165, 1.54) is 12.3 Å². The van der Waals surface area contributed by atoms with Crippen LogP contribution in [0.1, 0.15) is 12.5 Å². The minimum absolute atomic E-state index is 0.0943. The molecule has 2 aromatic heterocycles. The van der Waals surface area contributed by atoms with Gasteiger partial charge in [-0.25, -0.2) is 9.37 Å². The summed E-state index contributed by atoms with van der Waals surface area (Å²) < 4.78 is 13.8. The van der Waals surface area contributed by atoms with Gasteiger partial charge in [-0.05, 0) is 37.1 Å². The lowest BCUT2D eigenvalue weighted by Gasteiger charge is -2.13. The molecule has 0 saturated carbocycles. The van der Waals surface area contributed by atoms with Crippen LogP contribution < -0.4 is 5.32 Å². The molecule has 1 unspecified atom stereocenters. The summed E-state index contributed by atoms with van der Waals surface area (Å²) in [5.74, 6) is 0.0458. The van der Waals surface area contributed by atoms with Crippen molar-refractivity contribution in [2.45, 2.75) is 19.4 Å². The van der Waals surface area contributed by atoms with Crippen molar-refractivity contribution in [1.29, 1.82) is 0 Å². The number of nitrogens with zero attached hydrogens (tertiary/aromatic N) is 4. The predicted molar refractivity (Wildman–Crippen MR) is 86.2 cm³/mol. The van der Waals surface area contributed by atoms with Crippen molar-refractivity contribution < 1.29 is 4.39 Å². The zero-order valence-electron chi connectivity index (χ0n) is 12.6. The highest BCUT2D eigenvalue weighted by Gasteiger charge is 2.10. The zero-order valence-corrected chi connectivity index (χ0v) is 12.6. The first-order valence-corrected chi connectivity index (χ1v) is 7.32. The summed E-state index contributed by atoms with van der Waals surface area (Å²) in [5, 5.41) is 11.1. The fourth-order valence-corrected chi connectivity index (χ4v) is 2.31. The zero-order chi connectivity index (χ0) is 16.1. The molecule has 5 nitrogen and oxygen atoms in total. The van der Waals surface area contributed by atoms with Crippen LogP contribution in [-0.4, -0.2) is 26.2 Å². The van der Waals surface area contributed by atoms with Crippen LogP contribution in [0.15, 0.2) is 55.0 Å². The van der Waals surface area contributed by atoms with E-state index in [1.54, 1.807) is 24.4 Å². The maximum Gasteiger partial charge on any atom is 0.243 e. The topological polar surface area (TPSA) is 63.6 Å². The van der Waals surface area contributed by atoms with Crippen molar-refractivity contribution in [2.75, 3.05) is 5.32 Å². The van der Waals surface area contributed by atoms with Gasteiger partial charge < -0.3 is 5.32 Å². The van der Waals surface area contributed by atoms with Crippen LogP contribution in [0.2, 0.25) is 0 Å². The summed E-state index contributed by atoms with van der Waals surface area (Å²) in [6.45, 7) is 2.02. The van der Waals surface area contributed by atoms with Gasteiger partial charge in [0.15, 0.2) is 0 Å². The van der Waals surface area contributed by atoms with Gasteiger partial charge in [0.05, 0.1) is 11.9 Å². The third-order valence-electron chi connectivity index (χ3n) is 3.35. The van der Waals surface area contributed by atoms with E-state index in [9.17, 15) is 4.39 Å². The van der Waals surface area contributed by atoms with Crippen LogP contribution in [0.5, 0.6) is 0 Å². The number of nitrogens with one attached hydrogen (secondary N) is 1. The second-order valence-electron chi connectivity index (χ2n) is 5.26. The molecule has 1 aromatic carbocycles. The Morgan fingerprint density at radius 2 is 2.00 bits per heavy atom. The molecule has 1 N–H and O–H groups in total. The van der Waals surface area contributed by atoms with Gasteiger partial charge in [-0.2, -0.15) is 5.10 Å². The van der Waals surface area contributed by atoms with Gasteiger partial charge in [-0.3, -0.25) is 4.98 Å². The summed E-state index contributed by atoms with van der Waals surface area (Å²) >= 11 is 0. The highest BCUT2D eigenvalue weighted by molar-refractivity contribution is 5.59. The molecule has 3 aromatic rings. The van der Waals surface area contributed by atoms with Crippen molar-refractivity contribution >= 4 is 5.95 Å². The van der Waals surface area contributed by atoms with Crippen LogP contribution in [0, 0.1) is 5.82 Å². The number of benzene rings is 1. The summed E-state index contributed by atoms with van der Waals surface area (Å²) in [6.07, 6.45) is 5.80. The van der Waals surface area contributed by atoms with E-state index in [0.717, 1.165) is 12.0 Å². The number of aromatic nitrogens is 4. The monoisotopic (exact) mass is 309 g/mol. The summed E-state index contributed by atoms with van der Waals surface area (Å²) in [4.78, 5) is 8.44. The Hall–Kier alpha value is -2.89. The van der Waals surface area contributed by atoms with E-state index in [4.69, 9.17) is 0 Å². The molecular formula is C17H16FN5. The molecule has 0 aliphatic rings. The van der Waals surface area contributed by atoms with Gasteiger partial charge in [-0.1, -0.05) is 18.2 Å². The molecule has 0 bridgehead atoms. The van der Waals surface area contributed by atoms with Crippen LogP contribution in [-0.2, 0) is 6.42 Å². The normalized spacial score (nSPS) is 11.9. The third-order valence-corrected chi connectivity index (χ3v) is 3.35. The molecular weight excluding hydrogens is 293 g/mol. The van der Waals surface area contributed by atoms with E-state index in [0.29, 0.717) is 17.2 Å². The predicted octanol–water partition coefficient (Wildman–Crippen LogP) is 3.12. The number of hydrogen-bond donors (Lipinski definition) is 1. The first-order valence-electron chi connectivity index (χ1n) is 7.32. The maximum absolute atomic E-state index is 13.8. The molecule has 6 heteroatoms. The number of hydrogen-bond acceptors (Lipinski definition) is 5. The first kappa shape index (κ1) is 15.0. The molecule has 0 aliphatic carbocycles. The van der Waals surface area contributed by atoms with Crippen molar-refractivity contribution in [3.05, 3.63) is 66.4 Å². The summed E-state index contributed by atoms with van der Waals surface area (Å²) in [5.41, 5.74) is 1.98. The molecule has 2 heterocycles. The number of halogens is 1. The van der Waals surface area contributed by atoms with Crippen molar-refractivity contribution in [1.82, 2.24) is 20.2 Å². The standard InChI is InChI=1S/C17H16FN5/c1-12(9-13-5-4-8-19-10-13)21-17-22-16(11-20-23-17)14-6-2-3-7-15(14)18/h2-8,10-12H,9H2,1H3,(H,21,22,23). The van der Waals surface area contributed by atoms with E-state index in [1.807, 2.05) is 25.3 Å². The van der Waals surface area contributed by atoms with Crippen molar-refractivity contribution in [3.8, 4) is 11.3 Å². The molecule has 0 amide bonds. The number of anilines is 1. The Morgan fingerprint density at radius 1 is 1.13 bits per heavy atom. The minimum atomic E-state index is -0.331. The Morgan fingerprint density at radius 3 is 2.78 bits per heavy atom. The second kappa shape index (κ2) is 6.91. The van der Waals surface area contributed by atoms with E-state index in [2.05, 4.69) is 25.5 Å². The molecule has 0 radical (unpaired) electrons. The Labute approximate surface area is 133 Å². The molecule has 1 atom stereocenters. The minimum Gasteiger partial charge on any atom is -0.350 e. The van der Waals surface area contributed by atoms with Gasteiger partial charge in [0.1, 0.15) is 5.82 Å².